The summed E-state index contributed by atoms with van der Waals surface area (Å²) in [5, 5.41) is 1.91. The van der Waals surface area contributed by atoms with E-state index < -0.39 is 0 Å². The molecule has 1 aliphatic rings. The first-order valence-electron chi connectivity index (χ1n) is 9.20. The van der Waals surface area contributed by atoms with Gasteiger partial charge in [-0.3, -0.25) is 4.79 Å². The average Bonchev–Trinajstić information content (AvgIpc) is 3.46. The van der Waals surface area contributed by atoms with E-state index in [1.54, 1.807) is 6.07 Å². The molecule has 1 fully saturated rings. The lowest BCUT2D eigenvalue weighted by Crippen LogP contribution is -2.30. The third-order valence-corrected chi connectivity index (χ3v) is 5.95. The van der Waals surface area contributed by atoms with Crippen LogP contribution in [0, 0.1) is 5.82 Å². The maximum absolute atomic E-state index is 13.5. The van der Waals surface area contributed by atoms with Gasteiger partial charge in [0.2, 0.25) is 5.89 Å². The molecule has 6 heteroatoms. The Labute approximate surface area is 165 Å². The lowest BCUT2D eigenvalue weighted by atomic mass is 10.1. The van der Waals surface area contributed by atoms with E-state index in [1.165, 1.54) is 23.5 Å². The van der Waals surface area contributed by atoms with E-state index in [2.05, 4.69) is 4.98 Å². The Morgan fingerprint density at radius 1 is 1.14 bits per heavy atom. The van der Waals surface area contributed by atoms with Crippen molar-refractivity contribution in [3.8, 4) is 11.1 Å². The molecule has 0 unspecified atom stereocenters. The zero-order valence-electron chi connectivity index (χ0n) is 15.0. The molecule has 4 nitrogen and oxygen atoms in total. The molecule has 140 valence electrons. The van der Waals surface area contributed by atoms with Crippen LogP contribution in [0.15, 0.2) is 64.4 Å². The average molecular weight is 392 g/mol. The summed E-state index contributed by atoms with van der Waals surface area (Å²) in [6.45, 7) is 0.703. The van der Waals surface area contributed by atoms with Crippen LogP contribution in [0.3, 0.4) is 0 Å². The number of aromatic nitrogens is 1. The second kappa shape index (κ2) is 6.87. The number of carbonyl (C=O) groups excluding carboxylic acids is 1. The molecule has 0 aliphatic carbocycles. The van der Waals surface area contributed by atoms with Gasteiger partial charge in [-0.15, -0.1) is 11.3 Å². The molecule has 28 heavy (non-hydrogen) atoms. The molecule has 4 aromatic rings. The molecule has 1 amide bonds. The highest BCUT2D eigenvalue weighted by Crippen LogP contribution is 2.35. The molecule has 0 bridgehead atoms. The first kappa shape index (κ1) is 17.1. The number of amides is 1. The van der Waals surface area contributed by atoms with Gasteiger partial charge in [-0.05, 0) is 59.7 Å². The van der Waals surface area contributed by atoms with Crippen molar-refractivity contribution in [2.75, 3.05) is 6.54 Å². The molecule has 0 saturated carbocycles. The number of fused-ring (bicyclic) bond motifs is 1. The van der Waals surface area contributed by atoms with E-state index in [4.69, 9.17) is 4.42 Å². The zero-order valence-corrected chi connectivity index (χ0v) is 15.8. The number of likely N-dealkylation sites (tertiary alicyclic amines) is 1. The summed E-state index contributed by atoms with van der Waals surface area (Å²) < 4.78 is 19.5. The first-order valence-corrected chi connectivity index (χ1v) is 10.1. The van der Waals surface area contributed by atoms with Crippen molar-refractivity contribution in [1.29, 1.82) is 0 Å². The number of nitrogens with zero attached hydrogens (tertiary/aromatic N) is 2. The summed E-state index contributed by atoms with van der Waals surface area (Å²) in [6.07, 6.45) is 1.76. The summed E-state index contributed by atoms with van der Waals surface area (Å²) in [4.78, 5) is 20.1. The Hall–Kier alpha value is -2.99. The van der Waals surface area contributed by atoms with Crippen LogP contribution in [0.2, 0.25) is 0 Å². The number of halogens is 1. The molecule has 2 aromatic heterocycles. The standard InChI is InChI=1S/C22H17FN2O2S/c23-16-5-1-4-14(12-16)15-8-9-19-17(13-15)24-21(27-19)18-6-2-10-25(18)22(26)20-7-3-11-28-20/h1,3-5,7-9,11-13,18H,2,6,10H2/t18-/m1/s1. The topological polar surface area (TPSA) is 46.3 Å². The van der Waals surface area contributed by atoms with Gasteiger partial charge in [0.05, 0.1) is 4.88 Å². The predicted molar refractivity (Wildman–Crippen MR) is 107 cm³/mol. The van der Waals surface area contributed by atoms with Gasteiger partial charge in [0, 0.05) is 6.54 Å². The highest BCUT2D eigenvalue weighted by Gasteiger charge is 2.34. The number of hydrogen-bond donors (Lipinski definition) is 0. The summed E-state index contributed by atoms with van der Waals surface area (Å²) in [7, 11) is 0. The van der Waals surface area contributed by atoms with Crippen LogP contribution in [-0.2, 0) is 0 Å². The van der Waals surface area contributed by atoms with Crippen LogP contribution < -0.4 is 0 Å². The number of benzene rings is 2. The minimum atomic E-state index is -0.271. The van der Waals surface area contributed by atoms with Gasteiger partial charge in [0.1, 0.15) is 17.4 Å². The molecule has 0 N–H and O–H groups in total. The molecule has 1 atom stereocenters. The van der Waals surface area contributed by atoms with E-state index in [-0.39, 0.29) is 17.8 Å². The van der Waals surface area contributed by atoms with E-state index in [9.17, 15) is 9.18 Å². The molecule has 0 radical (unpaired) electrons. The van der Waals surface area contributed by atoms with Crippen LogP contribution in [0.25, 0.3) is 22.2 Å². The second-order valence-electron chi connectivity index (χ2n) is 6.88. The largest absolute Gasteiger partial charge is 0.438 e. The van der Waals surface area contributed by atoms with Crippen molar-refractivity contribution in [2.24, 2.45) is 0 Å². The van der Waals surface area contributed by atoms with E-state index in [0.29, 0.717) is 23.5 Å². The number of carbonyl (C=O) groups is 1. The number of oxazole rings is 1. The molecule has 3 heterocycles. The minimum absolute atomic E-state index is 0.0280. The van der Waals surface area contributed by atoms with Gasteiger partial charge < -0.3 is 9.32 Å². The fourth-order valence-corrected chi connectivity index (χ4v) is 4.42. The van der Waals surface area contributed by atoms with Gasteiger partial charge in [-0.2, -0.15) is 0 Å². The Bertz CT molecular complexity index is 1150. The van der Waals surface area contributed by atoms with Gasteiger partial charge in [0.25, 0.3) is 5.91 Å². The van der Waals surface area contributed by atoms with E-state index >= 15 is 0 Å². The second-order valence-corrected chi connectivity index (χ2v) is 7.83. The van der Waals surface area contributed by atoms with Crippen LogP contribution in [0.5, 0.6) is 0 Å². The summed E-state index contributed by atoms with van der Waals surface area (Å²) in [5.74, 6) is 0.320. The normalized spacial score (nSPS) is 16.8. The van der Waals surface area contributed by atoms with Crippen molar-refractivity contribution < 1.29 is 13.6 Å². The predicted octanol–water partition coefficient (Wildman–Crippen LogP) is 5.67. The molecular formula is C22H17FN2O2S. The van der Waals surface area contributed by atoms with Crippen molar-refractivity contribution in [3.05, 3.63) is 76.6 Å². The third kappa shape index (κ3) is 2.99. The summed E-state index contributed by atoms with van der Waals surface area (Å²) in [5.41, 5.74) is 3.06. The maximum atomic E-state index is 13.5. The van der Waals surface area contributed by atoms with Crippen LogP contribution in [0.4, 0.5) is 4.39 Å². The Morgan fingerprint density at radius 3 is 2.86 bits per heavy atom. The Morgan fingerprint density at radius 2 is 2.04 bits per heavy atom. The number of rotatable bonds is 3. The first-order chi connectivity index (χ1) is 13.7. The van der Waals surface area contributed by atoms with Crippen LogP contribution in [-0.4, -0.2) is 22.3 Å². The van der Waals surface area contributed by atoms with Crippen LogP contribution in [0.1, 0.15) is 34.4 Å². The quantitative estimate of drug-likeness (QED) is 0.451. The third-order valence-electron chi connectivity index (χ3n) is 5.09. The fourth-order valence-electron chi connectivity index (χ4n) is 3.74. The van der Waals surface area contributed by atoms with Crippen molar-refractivity contribution in [1.82, 2.24) is 9.88 Å². The monoisotopic (exact) mass is 392 g/mol. The molecule has 0 spiro atoms. The molecule has 5 rings (SSSR count). The molecule has 1 aliphatic heterocycles. The SMILES string of the molecule is O=C(c1cccs1)N1CCC[C@@H]1c1nc2cc(-c3cccc(F)c3)ccc2o1. The smallest absolute Gasteiger partial charge is 0.264 e. The lowest BCUT2D eigenvalue weighted by Gasteiger charge is -2.21. The van der Waals surface area contributed by atoms with Gasteiger partial charge in [-0.25, -0.2) is 9.37 Å². The maximum Gasteiger partial charge on any atom is 0.264 e. The lowest BCUT2D eigenvalue weighted by molar-refractivity contribution is 0.0722. The van der Waals surface area contributed by atoms with Crippen molar-refractivity contribution >= 4 is 28.3 Å². The van der Waals surface area contributed by atoms with Gasteiger partial charge in [-0.1, -0.05) is 24.3 Å². The van der Waals surface area contributed by atoms with Gasteiger partial charge in [0.15, 0.2) is 5.58 Å². The number of thiophene rings is 1. The summed E-state index contributed by atoms with van der Waals surface area (Å²) in [6, 6.07) is 15.7. The number of hydrogen-bond acceptors (Lipinski definition) is 4. The van der Waals surface area contributed by atoms with E-state index in [1.807, 2.05) is 46.7 Å². The van der Waals surface area contributed by atoms with Crippen molar-refractivity contribution in [2.45, 2.75) is 18.9 Å². The minimum Gasteiger partial charge on any atom is -0.438 e. The Kier molecular flexibility index (Phi) is 4.20. The Balaban J connectivity index is 1.48. The molecule has 1 saturated heterocycles. The van der Waals surface area contributed by atoms with Gasteiger partial charge >= 0.3 is 0 Å². The van der Waals surface area contributed by atoms with Crippen LogP contribution >= 0.6 is 11.3 Å². The molecular weight excluding hydrogens is 375 g/mol. The highest BCUT2D eigenvalue weighted by atomic mass is 32.1. The zero-order chi connectivity index (χ0) is 19.1. The fraction of sp³-hybridized carbons (Fsp3) is 0.182. The molecule has 2 aromatic carbocycles. The highest BCUT2D eigenvalue weighted by molar-refractivity contribution is 7.12. The van der Waals surface area contributed by atoms with Crippen molar-refractivity contribution in [3.63, 3.8) is 0 Å². The van der Waals surface area contributed by atoms with E-state index in [0.717, 1.165) is 28.8 Å². The summed E-state index contributed by atoms with van der Waals surface area (Å²) >= 11 is 1.45.